The molecule has 0 bridgehead atoms. The summed E-state index contributed by atoms with van der Waals surface area (Å²) in [6, 6.07) is 11.1. The summed E-state index contributed by atoms with van der Waals surface area (Å²) in [6.45, 7) is 16.4. The highest BCUT2D eigenvalue weighted by atomic mass is 16.5. The van der Waals surface area contributed by atoms with Gasteiger partial charge in [0.1, 0.15) is 22.7 Å². The van der Waals surface area contributed by atoms with Gasteiger partial charge < -0.3 is 30.3 Å². The number of aliphatic hydroxyl groups excluding tert-OH is 2. The van der Waals surface area contributed by atoms with E-state index in [0.717, 1.165) is 62.3 Å². The summed E-state index contributed by atoms with van der Waals surface area (Å²) < 4.78 is 5.04. The van der Waals surface area contributed by atoms with Crippen molar-refractivity contribution in [3.05, 3.63) is 65.2 Å². The third-order valence-electron chi connectivity index (χ3n) is 15.9. The number of hydrogen-bond acceptors (Lipinski definition) is 7. The van der Waals surface area contributed by atoms with Gasteiger partial charge in [-0.2, -0.15) is 0 Å². The number of carbonyl (C=O) groups excluding carboxylic acids is 1. The monoisotopic (exact) mass is 730 g/mol. The topological polar surface area (TPSA) is 145 Å². The smallest absolute Gasteiger partial charge is 0.312 e. The van der Waals surface area contributed by atoms with Crippen LogP contribution in [0.1, 0.15) is 122 Å². The molecule has 4 fully saturated rings. The van der Waals surface area contributed by atoms with E-state index in [9.17, 15) is 35.1 Å². The van der Waals surface area contributed by atoms with Crippen molar-refractivity contribution in [3.8, 4) is 17.2 Å². The molecular weight excluding hydrogens is 668 g/mol. The number of aliphatic carboxylic acids is 1. The quantitative estimate of drug-likeness (QED) is 0.152. The van der Waals surface area contributed by atoms with Gasteiger partial charge >= 0.3 is 5.97 Å². The number of phenols is 2. The van der Waals surface area contributed by atoms with Crippen molar-refractivity contribution in [3.63, 3.8) is 0 Å². The van der Waals surface area contributed by atoms with Crippen molar-refractivity contribution < 1.29 is 39.9 Å². The molecule has 9 atom stereocenters. The van der Waals surface area contributed by atoms with Crippen molar-refractivity contribution in [1.82, 2.24) is 0 Å². The minimum atomic E-state index is -1.04. The first-order valence-electron chi connectivity index (χ1n) is 19.6. The number of Topliss-reactive ketones (excluding diaryl/α,β-unsaturated/α-hetero) is 1. The van der Waals surface area contributed by atoms with Gasteiger partial charge in [-0.05, 0) is 132 Å². The highest BCUT2D eigenvalue weighted by Crippen LogP contribution is 2.75. The second-order valence-corrected chi connectivity index (χ2v) is 19.3. The molecule has 0 aliphatic heterocycles. The van der Waals surface area contributed by atoms with Crippen molar-refractivity contribution in [2.75, 3.05) is 7.11 Å². The predicted molar refractivity (Wildman–Crippen MR) is 205 cm³/mol. The summed E-state index contributed by atoms with van der Waals surface area (Å²) in [7, 11) is 1.58. The van der Waals surface area contributed by atoms with Crippen LogP contribution in [-0.4, -0.2) is 56.6 Å². The second kappa shape index (κ2) is 13.4. The standard InChI is InChI=1S/C30H48O4.C15H14O4/c1-25(2)14-15-30(24(33)34)19(16-25)18-8-9-21-27(5)12-11-22(31)26(3,4)20(27)10-13-28(21,6)29(18,7)17-23(30)32;1-19-12-5-2-10(3-6-12)8-14(17)13-7-4-11(16)9-15(13)18/h8,19-23,31-32H,9-17H2,1-7H3,(H,33,34);2-7,9,16,18H,8H2,1H3. The summed E-state index contributed by atoms with van der Waals surface area (Å²) in [5.74, 6) is 0.328. The molecule has 5 aliphatic carbocycles. The fourth-order valence-corrected chi connectivity index (χ4v) is 12.5. The van der Waals surface area contributed by atoms with Gasteiger partial charge in [-0.25, -0.2) is 0 Å². The number of benzene rings is 2. The molecular formula is C45H62O8. The van der Waals surface area contributed by atoms with Crippen LogP contribution < -0.4 is 4.74 Å². The predicted octanol–water partition coefficient (Wildman–Crippen LogP) is 8.74. The molecule has 0 aromatic heterocycles. The number of ketones is 1. The first-order valence-corrected chi connectivity index (χ1v) is 19.6. The highest BCUT2D eigenvalue weighted by Gasteiger charge is 2.71. The lowest BCUT2D eigenvalue weighted by Gasteiger charge is -2.71. The van der Waals surface area contributed by atoms with Gasteiger partial charge in [0.15, 0.2) is 5.78 Å². The Morgan fingerprint density at radius 2 is 1.49 bits per heavy atom. The Kier molecular flexibility index (Phi) is 9.97. The lowest BCUT2D eigenvalue weighted by atomic mass is 9.33. The minimum Gasteiger partial charge on any atom is -0.508 e. The van der Waals surface area contributed by atoms with Gasteiger partial charge in [-0.1, -0.05) is 72.2 Å². The van der Waals surface area contributed by atoms with Crippen LogP contribution in [0.2, 0.25) is 0 Å². The Morgan fingerprint density at radius 3 is 2.11 bits per heavy atom. The summed E-state index contributed by atoms with van der Waals surface area (Å²) in [5.41, 5.74) is 1.33. The van der Waals surface area contributed by atoms with Gasteiger partial charge in [0.2, 0.25) is 0 Å². The van der Waals surface area contributed by atoms with E-state index < -0.39 is 17.5 Å². The van der Waals surface area contributed by atoms with Crippen LogP contribution in [0.4, 0.5) is 0 Å². The first kappa shape index (κ1) is 39.3. The number of ether oxygens (including phenoxy) is 1. The van der Waals surface area contributed by atoms with E-state index in [1.54, 1.807) is 31.4 Å². The largest absolute Gasteiger partial charge is 0.508 e. The summed E-state index contributed by atoms with van der Waals surface area (Å²) in [4.78, 5) is 24.8. The molecule has 290 valence electrons. The highest BCUT2D eigenvalue weighted by molar-refractivity contribution is 6.00. The second-order valence-electron chi connectivity index (χ2n) is 19.3. The lowest BCUT2D eigenvalue weighted by molar-refractivity contribution is -0.218. The van der Waals surface area contributed by atoms with E-state index in [2.05, 4.69) is 54.5 Å². The zero-order valence-corrected chi connectivity index (χ0v) is 33.0. The molecule has 5 aliphatic rings. The number of rotatable bonds is 5. The van der Waals surface area contributed by atoms with Gasteiger partial charge in [-0.15, -0.1) is 0 Å². The third kappa shape index (κ3) is 6.20. The fraction of sp³-hybridized carbons (Fsp3) is 0.644. The molecule has 5 N–H and O–H groups in total. The Morgan fingerprint density at radius 1 is 0.811 bits per heavy atom. The van der Waals surface area contributed by atoms with Gasteiger partial charge in [0.05, 0.1) is 24.9 Å². The number of carboxylic acid groups (broad SMARTS) is 1. The van der Waals surface area contributed by atoms with Crippen LogP contribution in [-0.2, 0) is 11.2 Å². The normalized spacial score (nSPS) is 37.9. The van der Waals surface area contributed by atoms with Crippen molar-refractivity contribution in [1.29, 1.82) is 0 Å². The molecule has 0 spiro atoms. The Hall–Kier alpha value is -3.36. The number of allylic oxidation sites excluding steroid dienone is 2. The lowest BCUT2D eigenvalue weighted by Crippen LogP contribution is -2.67. The van der Waals surface area contributed by atoms with E-state index in [4.69, 9.17) is 4.74 Å². The van der Waals surface area contributed by atoms with Crippen LogP contribution in [0, 0.1) is 50.2 Å². The van der Waals surface area contributed by atoms with Crippen molar-refractivity contribution in [2.24, 2.45) is 50.2 Å². The number of methoxy groups -OCH3 is 1. The molecule has 0 amide bonds. The first-order chi connectivity index (χ1) is 24.7. The Balaban J connectivity index is 0.000000214. The number of carboxylic acids is 1. The zero-order valence-electron chi connectivity index (χ0n) is 33.0. The maximum Gasteiger partial charge on any atom is 0.312 e. The SMILES string of the molecule is CC1(C)CCC2(C(=O)O)C(O)CC3(C)C(=CCC4C5(C)CCC(O)C(C)(C)C5CCC43C)C2C1.COc1ccc(CC(=O)c2ccc(O)cc2O)cc1. The summed E-state index contributed by atoms with van der Waals surface area (Å²) >= 11 is 0. The molecule has 2 aromatic carbocycles. The number of hydrogen-bond donors (Lipinski definition) is 5. The Bertz CT molecular complexity index is 1760. The summed E-state index contributed by atoms with van der Waals surface area (Å²) in [5, 5.41) is 51.9. The van der Waals surface area contributed by atoms with E-state index >= 15 is 0 Å². The van der Waals surface area contributed by atoms with E-state index in [1.807, 2.05) is 0 Å². The van der Waals surface area contributed by atoms with Gasteiger partial charge in [0.25, 0.3) is 0 Å². The maximum absolute atomic E-state index is 12.8. The van der Waals surface area contributed by atoms with Gasteiger partial charge in [0, 0.05) is 12.5 Å². The molecule has 0 saturated heterocycles. The molecule has 9 unspecified atom stereocenters. The molecule has 0 radical (unpaired) electrons. The van der Waals surface area contributed by atoms with E-state index in [0.29, 0.717) is 24.7 Å². The number of fused-ring (bicyclic) bond motifs is 7. The molecule has 53 heavy (non-hydrogen) atoms. The van der Waals surface area contributed by atoms with Crippen LogP contribution in [0.3, 0.4) is 0 Å². The number of aromatic hydroxyl groups is 2. The minimum absolute atomic E-state index is 0.0218. The average molecular weight is 731 g/mol. The van der Waals surface area contributed by atoms with E-state index in [1.165, 1.54) is 17.7 Å². The average Bonchev–Trinajstić information content (AvgIpc) is 3.07. The Labute approximate surface area is 315 Å². The number of phenolic OH excluding ortho intramolecular Hbond substituents is 2. The number of carbonyl (C=O) groups is 2. The van der Waals surface area contributed by atoms with E-state index in [-0.39, 0.29) is 68.4 Å². The van der Waals surface area contributed by atoms with Crippen LogP contribution in [0.25, 0.3) is 0 Å². The zero-order chi connectivity index (χ0) is 38.9. The van der Waals surface area contributed by atoms with Crippen LogP contribution >= 0.6 is 0 Å². The third-order valence-corrected chi connectivity index (χ3v) is 15.9. The maximum atomic E-state index is 12.8. The number of aliphatic hydroxyl groups is 2. The van der Waals surface area contributed by atoms with Crippen molar-refractivity contribution in [2.45, 2.75) is 125 Å². The van der Waals surface area contributed by atoms with Gasteiger partial charge in [-0.3, -0.25) is 9.59 Å². The molecule has 8 heteroatoms. The van der Waals surface area contributed by atoms with Crippen molar-refractivity contribution >= 4 is 11.8 Å². The molecule has 0 heterocycles. The molecule has 4 saturated carbocycles. The molecule has 2 aromatic rings. The van der Waals surface area contributed by atoms with Crippen LogP contribution in [0.15, 0.2) is 54.1 Å². The van der Waals surface area contributed by atoms with Crippen LogP contribution in [0.5, 0.6) is 17.2 Å². The molecule has 7 rings (SSSR count). The fourth-order valence-electron chi connectivity index (χ4n) is 12.5. The molecule has 8 nitrogen and oxygen atoms in total. The summed E-state index contributed by atoms with van der Waals surface area (Å²) in [6.07, 6.45) is 9.53.